The van der Waals surface area contributed by atoms with E-state index in [0.717, 1.165) is 16.9 Å². The Morgan fingerprint density at radius 2 is 1.62 bits per heavy atom. The van der Waals surface area contributed by atoms with Crippen molar-refractivity contribution < 1.29 is 19.0 Å². The molecule has 0 aliphatic rings. The van der Waals surface area contributed by atoms with Gasteiger partial charge in [0, 0.05) is 12.1 Å². The standard InChI is InChI=1S/C24H23NO4/c1-27-21-13-14-22(23(16-21)28-2)25-24(26)15-10-18-8-11-20(12-9-18)29-17-19-6-4-3-5-7-19/h3-16H,17H2,1-2H3,(H,25,26). The van der Waals surface area contributed by atoms with Gasteiger partial charge in [0.25, 0.3) is 0 Å². The fourth-order valence-corrected chi connectivity index (χ4v) is 2.66. The SMILES string of the molecule is COc1ccc(NC(=O)C=Cc2ccc(OCc3ccccc3)cc2)c(OC)c1. The van der Waals surface area contributed by atoms with Crippen LogP contribution in [0.4, 0.5) is 5.69 Å². The van der Waals surface area contributed by atoms with Crippen LogP contribution >= 0.6 is 0 Å². The maximum Gasteiger partial charge on any atom is 0.248 e. The Bertz CT molecular complexity index is 966. The van der Waals surface area contributed by atoms with E-state index in [4.69, 9.17) is 14.2 Å². The molecule has 0 aromatic heterocycles. The number of amides is 1. The van der Waals surface area contributed by atoms with Crippen LogP contribution in [0.3, 0.4) is 0 Å². The summed E-state index contributed by atoms with van der Waals surface area (Å²) < 4.78 is 16.2. The van der Waals surface area contributed by atoms with Crippen LogP contribution < -0.4 is 19.5 Å². The highest BCUT2D eigenvalue weighted by Crippen LogP contribution is 2.29. The minimum atomic E-state index is -0.252. The van der Waals surface area contributed by atoms with Crippen LogP contribution in [-0.4, -0.2) is 20.1 Å². The first-order chi connectivity index (χ1) is 14.2. The molecule has 5 heteroatoms. The fraction of sp³-hybridized carbons (Fsp3) is 0.125. The molecule has 0 aliphatic heterocycles. The summed E-state index contributed by atoms with van der Waals surface area (Å²) in [6.45, 7) is 0.516. The molecular formula is C24H23NO4. The highest BCUT2D eigenvalue weighted by atomic mass is 16.5. The largest absolute Gasteiger partial charge is 0.497 e. The topological polar surface area (TPSA) is 56.8 Å². The van der Waals surface area contributed by atoms with E-state index < -0.39 is 0 Å². The van der Waals surface area contributed by atoms with Crippen LogP contribution in [0.2, 0.25) is 0 Å². The third-order valence-corrected chi connectivity index (χ3v) is 4.22. The van der Waals surface area contributed by atoms with Gasteiger partial charge in [-0.25, -0.2) is 0 Å². The number of methoxy groups -OCH3 is 2. The molecule has 0 aliphatic carbocycles. The van der Waals surface area contributed by atoms with Crippen molar-refractivity contribution >= 4 is 17.7 Å². The molecule has 148 valence electrons. The first kappa shape index (κ1) is 20.0. The van der Waals surface area contributed by atoms with Crippen molar-refractivity contribution in [2.45, 2.75) is 6.61 Å². The number of hydrogen-bond donors (Lipinski definition) is 1. The Morgan fingerprint density at radius 1 is 0.897 bits per heavy atom. The molecule has 0 unspecified atom stereocenters. The minimum Gasteiger partial charge on any atom is -0.497 e. The molecule has 0 saturated heterocycles. The molecule has 5 nitrogen and oxygen atoms in total. The molecule has 3 rings (SSSR count). The third-order valence-electron chi connectivity index (χ3n) is 4.22. The number of nitrogens with one attached hydrogen (secondary N) is 1. The average Bonchev–Trinajstić information content (AvgIpc) is 2.78. The van der Waals surface area contributed by atoms with Gasteiger partial charge in [-0.3, -0.25) is 4.79 Å². The van der Waals surface area contributed by atoms with E-state index in [1.807, 2.05) is 54.6 Å². The molecule has 0 saturated carbocycles. The zero-order chi connectivity index (χ0) is 20.5. The summed E-state index contributed by atoms with van der Waals surface area (Å²) in [4.78, 5) is 12.2. The van der Waals surface area contributed by atoms with Gasteiger partial charge in [-0.1, -0.05) is 42.5 Å². The highest BCUT2D eigenvalue weighted by Gasteiger charge is 2.07. The van der Waals surface area contributed by atoms with E-state index in [2.05, 4.69) is 5.32 Å². The number of hydrogen-bond acceptors (Lipinski definition) is 4. The summed E-state index contributed by atoms with van der Waals surface area (Å²) in [5.74, 6) is 1.72. The van der Waals surface area contributed by atoms with Crippen LogP contribution in [0.1, 0.15) is 11.1 Å². The van der Waals surface area contributed by atoms with Gasteiger partial charge in [0.2, 0.25) is 5.91 Å². The van der Waals surface area contributed by atoms with Crippen molar-refractivity contribution in [1.82, 2.24) is 0 Å². The number of anilines is 1. The Kier molecular flexibility index (Phi) is 6.90. The molecule has 1 N–H and O–H groups in total. The van der Waals surface area contributed by atoms with E-state index in [9.17, 15) is 4.79 Å². The van der Waals surface area contributed by atoms with Crippen LogP contribution in [0, 0.1) is 0 Å². The van der Waals surface area contributed by atoms with E-state index in [-0.39, 0.29) is 5.91 Å². The molecule has 1 amide bonds. The summed E-state index contributed by atoms with van der Waals surface area (Å²) in [5, 5.41) is 2.80. The van der Waals surface area contributed by atoms with Gasteiger partial charge in [-0.05, 0) is 41.5 Å². The van der Waals surface area contributed by atoms with Gasteiger partial charge >= 0.3 is 0 Å². The number of carbonyl (C=O) groups excluding carboxylic acids is 1. The van der Waals surface area contributed by atoms with Crippen molar-refractivity contribution in [2.75, 3.05) is 19.5 Å². The number of benzene rings is 3. The van der Waals surface area contributed by atoms with Crippen molar-refractivity contribution in [2.24, 2.45) is 0 Å². The van der Waals surface area contributed by atoms with Gasteiger partial charge < -0.3 is 19.5 Å². The van der Waals surface area contributed by atoms with Crippen LogP contribution in [0.25, 0.3) is 6.08 Å². The predicted octanol–water partition coefficient (Wildman–Crippen LogP) is 4.93. The second-order valence-corrected chi connectivity index (χ2v) is 6.23. The van der Waals surface area contributed by atoms with Crippen LogP contribution in [0.5, 0.6) is 17.2 Å². The molecule has 0 fully saturated rings. The molecule has 3 aromatic rings. The average molecular weight is 389 g/mol. The van der Waals surface area contributed by atoms with E-state index in [1.54, 1.807) is 38.5 Å². The van der Waals surface area contributed by atoms with Crippen LogP contribution in [-0.2, 0) is 11.4 Å². The zero-order valence-electron chi connectivity index (χ0n) is 16.4. The maximum atomic E-state index is 12.2. The lowest BCUT2D eigenvalue weighted by atomic mass is 10.2. The molecule has 0 spiro atoms. The van der Waals surface area contributed by atoms with Gasteiger partial charge in [0.1, 0.15) is 23.9 Å². The maximum absolute atomic E-state index is 12.2. The fourth-order valence-electron chi connectivity index (χ4n) is 2.66. The first-order valence-electron chi connectivity index (χ1n) is 9.16. The summed E-state index contributed by atoms with van der Waals surface area (Å²) in [7, 11) is 3.12. The van der Waals surface area contributed by atoms with Gasteiger partial charge in [0.15, 0.2) is 0 Å². The number of rotatable bonds is 8. The Morgan fingerprint density at radius 3 is 2.31 bits per heavy atom. The van der Waals surface area contributed by atoms with Crippen LogP contribution in [0.15, 0.2) is 78.9 Å². The normalized spacial score (nSPS) is 10.6. The van der Waals surface area contributed by atoms with Crippen molar-refractivity contribution in [3.63, 3.8) is 0 Å². The Hall–Kier alpha value is -3.73. The summed E-state index contributed by atoms with van der Waals surface area (Å²) in [6, 6.07) is 22.8. The summed E-state index contributed by atoms with van der Waals surface area (Å²) >= 11 is 0. The molecule has 3 aromatic carbocycles. The predicted molar refractivity (Wildman–Crippen MR) is 114 cm³/mol. The molecule has 0 heterocycles. The lowest BCUT2D eigenvalue weighted by molar-refractivity contribution is -0.111. The molecular weight excluding hydrogens is 366 g/mol. The smallest absolute Gasteiger partial charge is 0.248 e. The Labute approximate surface area is 170 Å². The van der Waals surface area contributed by atoms with Crippen molar-refractivity contribution in [1.29, 1.82) is 0 Å². The highest BCUT2D eigenvalue weighted by molar-refractivity contribution is 6.02. The molecule has 0 atom stereocenters. The molecule has 29 heavy (non-hydrogen) atoms. The number of carbonyl (C=O) groups is 1. The molecule has 0 bridgehead atoms. The first-order valence-corrected chi connectivity index (χ1v) is 9.16. The van der Waals surface area contributed by atoms with Crippen molar-refractivity contribution in [3.8, 4) is 17.2 Å². The third kappa shape index (κ3) is 5.87. The van der Waals surface area contributed by atoms with Crippen molar-refractivity contribution in [3.05, 3.63) is 90.0 Å². The van der Waals surface area contributed by atoms with Gasteiger partial charge in [-0.2, -0.15) is 0 Å². The summed E-state index contributed by atoms with van der Waals surface area (Å²) in [5.41, 5.74) is 2.59. The quantitative estimate of drug-likeness (QED) is 0.555. The lowest BCUT2D eigenvalue weighted by Gasteiger charge is -2.10. The Balaban J connectivity index is 1.56. The van der Waals surface area contributed by atoms with Gasteiger partial charge in [0.05, 0.1) is 19.9 Å². The molecule has 0 radical (unpaired) electrons. The van der Waals surface area contributed by atoms with E-state index in [1.165, 1.54) is 6.08 Å². The monoisotopic (exact) mass is 389 g/mol. The lowest BCUT2D eigenvalue weighted by Crippen LogP contribution is -2.09. The van der Waals surface area contributed by atoms with E-state index in [0.29, 0.717) is 23.8 Å². The second-order valence-electron chi connectivity index (χ2n) is 6.23. The van der Waals surface area contributed by atoms with Gasteiger partial charge in [-0.15, -0.1) is 0 Å². The zero-order valence-corrected chi connectivity index (χ0v) is 16.4. The second kappa shape index (κ2) is 9.99. The number of ether oxygens (including phenoxy) is 3. The minimum absolute atomic E-state index is 0.252. The summed E-state index contributed by atoms with van der Waals surface area (Å²) in [6.07, 6.45) is 3.22. The van der Waals surface area contributed by atoms with E-state index >= 15 is 0 Å².